The summed E-state index contributed by atoms with van der Waals surface area (Å²) in [6.45, 7) is 1.40. The van der Waals surface area contributed by atoms with Crippen molar-refractivity contribution in [2.75, 3.05) is 13.1 Å². The molecular weight excluding hydrogens is 357 g/mol. The molecule has 2 aliphatic carbocycles. The molecule has 1 aromatic carbocycles. The van der Waals surface area contributed by atoms with Crippen molar-refractivity contribution in [3.8, 4) is 0 Å². The molecule has 0 bridgehead atoms. The monoisotopic (exact) mass is 378 g/mol. The topological polar surface area (TPSA) is 49.4 Å². The Labute approximate surface area is 155 Å². The first kappa shape index (κ1) is 17.1. The van der Waals surface area contributed by atoms with Crippen LogP contribution in [0.15, 0.2) is 24.3 Å². The van der Waals surface area contributed by atoms with Crippen molar-refractivity contribution in [1.29, 1.82) is 0 Å². The van der Waals surface area contributed by atoms with Gasteiger partial charge in [-0.1, -0.05) is 12.1 Å². The number of nitrogens with zero attached hydrogens (tertiary/aromatic N) is 1. The van der Waals surface area contributed by atoms with Gasteiger partial charge in [0.2, 0.25) is 11.8 Å². The highest BCUT2D eigenvalue weighted by Crippen LogP contribution is 2.59. The van der Waals surface area contributed by atoms with E-state index in [-0.39, 0.29) is 29.2 Å². The van der Waals surface area contributed by atoms with Gasteiger partial charge in [-0.25, -0.2) is 0 Å². The molecule has 0 radical (unpaired) electrons. The zero-order valence-electron chi connectivity index (χ0n) is 14.8. The van der Waals surface area contributed by atoms with E-state index in [1.54, 1.807) is 12.1 Å². The van der Waals surface area contributed by atoms with Crippen LogP contribution in [-0.2, 0) is 15.8 Å². The van der Waals surface area contributed by atoms with Crippen LogP contribution in [0.3, 0.4) is 0 Å². The summed E-state index contributed by atoms with van der Waals surface area (Å²) in [5, 5.41) is 3.01. The Morgan fingerprint density at radius 1 is 1.11 bits per heavy atom. The van der Waals surface area contributed by atoms with Gasteiger partial charge in [-0.2, -0.15) is 13.2 Å². The Bertz CT molecular complexity index is 786. The predicted molar refractivity (Wildman–Crippen MR) is 90.6 cm³/mol. The molecule has 1 aromatic rings. The molecule has 2 amide bonds. The number of fused-ring (bicyclic) bond motifs is 1. The van der Waals surface area contributed by atoms with Crippen LogP contribution >= 0.6 is 0 Å². The lowest BCUT2D eigenvalue weighted by Gasteiger charge is -2.45. The van der Waals surface area contributed by atoms with E-state index in [1.165, 1.54) is 0 Å². The highest BCUT2D eigenvalue weighted by Gasteiger charge is 2.59. The molecule has 4 nitrogen and oxygen atoms in total. The molecule has 7 heteroatoms. The van der Waals surface area contributed by atoms with E-state index in [0.29, 0.717) is 31.3 Å². The average Bonchev–Trinajstić information content (AvgIpc) is 2.93. The third kappa shape index (κ3) is 2.74. The fourth-order valence-corrected chi connectivity index (χ4v) is 5.49. The molecule has 2 saturated heterocycles. The molecule has 144 valence electrons. The average molecular weight is 378 g/mol. The predicted octanol–water partition coefficient (Wildman–Crippen LogP) is 2.94. The second kappa shape index (κ2) is 5.49. The Hall–Kier alpha value is -2.05. The Morgan fingerprint density at radius 2 is 1.74 bits per heavy atom. The van der Waals surface area contributed by atoms with Gasteiger partial charge in [0, 0.05) is 31.0 Å². The normalized spacial score (nSPS) is 37.1. The van der Waals surface area contributed by atoms with Gasteiger partial charge in [-0.15, -0.1) is 0 Å². The summed E-state index contributed by atoms with van der Waals surface area (Å²) in [6.07, 6.45) is -1.43. The summed E-state index contributed by atoms with van der Waals surface area (Å²) in [4.78, 5) is 26.0. The fourth-order valence-electron chi connectivity index (χ4n) is 5.49. The highest BCUT2D eigenvalue weighted by molar-refractivity contribution is 5.84. The number of carbonyl (C=O) groups is 2. The molecule has 1 spiro atoms. The van der Waals surface area contributed by atoms with E-state index in [4.69, 9.17) is 0 Å². The number of nitrogens with one attached hydrogen (secondary N) is 1. The third-order valence-corrected chi connectivity index (χ3v) is 6.99. The lowest BCUT2D eigenvalue weighted by atomic mass is 9.67. The Balaban J connectivity index is 1.16. The van der Waals surface area contributed by atoms with Gasteiger partial charge in [-0.05, 0) is 54.7 Å². The molecule has 2 saturated carbocycles. The standard InChI is InChI=1S/C20H21F3N2O2/c21-20(22,23)13-3-1-11(2-4-13)17-14-9-25(10-15(14)17)18(27)12-7-19(8-12)6-5-16(26)24-19/h1-4,12,14-15,17H,5-10H2,(H,24,26)/t12-,14-,15+,17+,19+. The molecule has 2 aliphatic heterocycles. The van der Waals surface area contributed by atoms with Crippen LogP contribution in [-0.4, -0.2) is 35.3 Å². The number of benzene rings is 1. The first-order chi connectivity index (χ1) is 12.8. The SMILES string of the molecule is O=C1CC[C@]2(C[C@H](C(=O)N3C[C@@H]4[C@H](C3)[C@H]4c3ccc(C(F)(F)F)cc3)C2)N1. The quantitative estimate of drug-likeness (QED) is 0.860. The zero-order valence-corrected chi connectivity index (χ0v) is 14.8. The minimum Gasteiger partial charge on any atom is -0.351 e. The first-order valence-corrected chi connectivity index (χ1v) is 9.53. The van der Waals surface area contributed by atoms with Crippen molar-refractivity contribution < 1.29 is 22.8 Å². The Morgan fingerprint density at radius 3 is 2.26 bits per heavy atom. The molecule has 1 N–H and O–H groups in total. The second-order valence-electron chi connectivity index (χ2n) is 8.65. The lowest BCUT2D eigenvalue weighted by Crippen LogP contribution is -2.56. The van der Waals surface area contributed by atoms with Gasteiger partial charge in [0.1, 0.15) is 0 Å². The van der Waals surface area contributed by atoms with Crippen LogP contribution < -0.4 is 5.32 Å². The summed E-state index contributed by atoms with van der Waals surface area (Å²) < 4.78 is 38.1. The van der Waals surface area contributed by atoms with Gasteiger partial charge in [0.15, 0.2) is 0 Å². The minimum absolute atomic E-state index is 0.00502. The van der Waals surface area contributed by atoms with Gasteiger partial charge >= 0.3 is 6.18 Å². The van der Waals surface area contributed by atoms with Crippen LogP contribution in [0.2, 0.25) is 0 Å². The Kier molecular flexibility index (Phi) is 3.47. The second-order valence-corrected chi connectivity index (χ2v) is 8.65. The molecule has 4 fully saturated rings. The maximum Gasteiger partial charge on any atom is 0.416 e. The summed E-state index contributed by atoms with van der Waals surface area (Å²) in [5.74, 6) is 1.28. The van der Waals surface area contributed by atoms with Crippen molar-refractivity contribution >= 4 is 11.8 Å². The van der Waals surface area contributed by atoms with Crippen molar-refractivity contribution in [2.45, 2.75) is 43.3 Å². The van der Waals surface area contributed by atoms with Gasteiger partial charge in [0.25, 0.3) is 0 Å². The number of amides is 2. The molecule has 0 unspecified atom stereocenters. The molecule has 4 aliphatic rings. The van der Waals surface area contributed by atoms with E-state index in [0.717, 1.165) is 37.0 Å². The van der Waals surface area contributed by atoms with Gasteiger partial charge in [0.05, 0.1) is 5.56 Å². The lowest BCUT2D eigenvalue weighted by molar-refractivity contribution is -0.141. The minimum atomic E-state index is -4.31. The smallest absolute Gasteiger partial charge is 0.351 e. The fraction of sp³-hybridized carbons (Fsp3) is 0.600. The van der Waals surface area contributed by atoms with E-state index >= 15 is 0 Å². The van der Waals surface area contributed by atoms with E-state index in [9.17, 15) is 22.8 Å². The van der Waals surface area contributed by atoms with E-state index in [1.807, 2.05) is 4.90 Å². The number of hydrogen-bond acceptors (Lipinski definition) is 2. The maximum atomic E-state index is 12.7. The molecule has 3 atom stereocenters. The molecule has 0 aromatic heterocycles. The number of carbonyl (C=O) groups excluding carboxylic acids is 2. The van der Waals surface area contributed by atoms with E-state index in [2.05, 4.69) is 5.32 Å². The zero-order chi connectivity index (χ0) is 19.0. The van der Waals surface area contributed by atoms with Crippen LogP contribution in [0.5, 0.6) is 0 Å². The van der Waals surface area contributed by atoms with Crippen molar-refractivity contribution in [3.05, 3.63) is 35.4 Å². The van der Waals surface area contributed by atoms with Gasteiger partial charge < -0.3 is 10.2 Å². The summed E-state index contributed by atoms with van der Waals surface area (Å²) in [6, 6.07) is 5.46. The van der Waals surface area contributed by atoms with Crippen LogP contribution in [0.4, 0.5) is 13.2 Å². The molecule has 2 heterocycles. The number of likely N-dealkylation sites (tertiary alicyclic amines) is 1. The molecule has 27 heavy (non-hydrogen) atoms. The number of rotatable bonds is 2. The van der Waals surface area contributed by atoms with Crippen molar-refractivity contribution in [3.63, 3.8) is 0 Å². The van der Waals surface area contributed by atoms with Crippen molar-refractivity contribution in [1.82, 2.24) is 10.2 Å². The summed E-state index contributed by atoms with van der Waals surface area (Å²) >= 11 is 0. The van der Waals surface area contributed by atoms with Gasteiger partial charge in [-0.3, -0.25) is 9.59 Å². The maximum absolute atomic E-state index is 12.7. The first-order valence-electron chi connectivity index (χ1n) is 9.53. The summed E-state index contributed by atoms with van der Waals surface area (Å²) in [7, 11) is 0. The number of halogens is 3. The third-order valence-electron chi connectivity index (χ3n) is 6.99. The number of alkyl halides is 3. The summed E-state index contributed by atoms with van der Waals surface area (Å²) in [5.41, 5.74) is 0.191. The van der Waals surface area contributed by atoms with Crippen LogP contribution in [0, 0.1) is 17.8 Å². The number of hydrogen-bond donors (Lipinski definition) is 1. The van der Waals surface area contributed by atoms with Crippen LogP contribution in [0.25, 0.3) is 0 Å². The molecular formula is C20H21F3N2O2. The van der Waals surface area contributed by atoms with Crippen molar-refractivity contribution in [2.24, 2.45) is 17.8 Å². The molecule has 5 rings (SSSR count). The largest absolute Gasteiger partial charge is 0.416 e. The van der Waals surface area contributed by atoms with E-state index < -0.39 is 11.7 Å². The van der Waals surface area contributed by atoms with Crippen LogP contribution in [0.1, 0.15) is 42.7 Å². The highest BCUT2D eigenvalue weighted by atomic mass is 19.4. The number of piperidine rings is 1.